The van der Waals surface area contributed by atoms with E-state index in [9.17, 15) is 9.59 Å². The number of nitrogens with one attached hydrogen (secondary N) is 1. The summed E-state index contributed by atoms with van der Waals surface area (Å²) in [5.74, 6) is -1.32. The lowest BCUT2D eigenvalue weighted by Crippen LogP contribution is -2.14. The molecule has 0 saturated heterocycles. The maximum atomic E-state index is 11.8. The van der Waals surface area contributed by atoms with Crippen LogP contribution in [-0.2, 0) is 11.2 Å². The third-order valence-corrected chi connectivity index (χ3v) is 2.78. The van der Waals surface area contributed by atoms with Crippen LogP contribution < -0.4 is 5.73 Å². The van der Waals surface area contributed by atoms with E-state index < -0.39 is 11.9 Å². The molecule has 1 aromatic heterocycles. The lowest BCUT2D eigenvalue weighted by molar-refractivity contribution is 0.0502. The molecular formula is C14H15N3O3. The van der Waals surface area contributed by atoms with Crippen molar-refractivity contribution in [2.75, 3.05) is 6.61 Å². The molecule has 0 fully saturated rings. The van der Waals surface area contributed by atoms with Gasteiger partial charge in [0.1, 0.15) is 0 Å². The summed E-state index contributed by atoms with van der Waals surface area (Å²) < 4.78 is 5.13. The number of primary amides is 1. The molecule has 0 aliphatic carbocycles. The van der Waals surface area contributed by atoms with Crippen LogP contribution in [0.3, 0.4) is 0 Å². The highest BCUT2D eigenvalue weighted by Crippen LogP contribution is 2.07. The molecule has 6 heteroatoms. The average molecular weight is 273 g/mol. The summed E-state index contributed by atoms with van der Waals surface area (Å²) in [6.45, 7) is 1.88. The van der Waals surface area contributed by atoms with Crippen LogP contribution in [0.25, 0.3) is 0 Å². The van der Waals surface area contributed by atoms with E-state index in [0.717, 1.165) is 5.56 Å². The molecule has 6 nitrogen and oxygen atoms in total. The Kier molecular flexibility index (Phi) is 4.14. The van der Waals surface area contributed by atoms with Gasteiger partial charge >= 0.3 is 5.97 Å². The molecule has 0 saturated carbocycles. The zero-order valence-electron chi connectivity index (χ0n) is 11.1. The SMILES string of the molecule is Cc1[nH]c(C(N)=O)nc1C(=O)OCCc1ccccc1. The van der Waals surface area contributed by atoms with Gasteiger partial charge in [-0.25, -0.2) is 9.78 Å². The first-order valence-corrected chi connectivity index (χ1v) is 6.15. The number of nitrogens with two attached hydrogens (primary N) is 1. The van der Waals surface area contributed by atoms with Crippen molar-refractivity contribution in [1.82, 2.24) is 9.97 Å². The highest BCUT2D eigenvalue weighted by atomic mass is 16.5. The van der Waals surface area contributed by atoms with Gasteiger partial charge in [0.15, 0.2) is 11.5 Å². The quantitative estimate of drug-likeness (QED) is 0.800. The Morgan fingerprint density at radius 1 is 1.30 bits per heavy atom. The van der Waals surface area contributed by atoms with Gasteiger partial charge < -0.3 is 15.5 Å². The number of rotatable bonds is 5. The smallest absolute Gasteiger partial charge is 0.358 e. The molecule has 0 atom stereocenters. The minimum atomic E-state index is -0.712. The fraction of sp³-hybridized carbons (Fsp3) is 0.214. The van der Waals surface area contributed by atoms with E-state index in [1.54, 1.807) is 6.92 Å². The molecule has 2 rings (SSSR count). The Morgan fingerprint density at radius 3 is 2.60 bits per heavy atom. The number of hydrogen-bond acceptors (Lipinski definition) is 4. The number of ether oxygens (including phenoxy) is 1. The summed E-state index contributed by atoms with van der Waals surface area (Å²) in [6.07, 6.45) is 0.624. The lowest BCUT2D eigenvalue weighted by Gasteiger charge is -2.03. The van der Waals surface area contributed by atoms with Crippen molar-refractivity contribution in [3.8, 4) is 0 Å². The summed E-state index contributed by atoms with van der Waals surface area (Å²) in [6, 6.07) is 9.69. The monoisotopic (exact) mass is 273 g/mol. The van der Waals surface area contributed by atoms with E-state index >= 15 is 0 Å². The number of aromatic amines is 1. The first-order valence-electron chi connectivity index (χ1n) is 6.15. The molecule has 0 radical (unpaired) electrons. The number of esters is 1. The van der Waals surface area contributed by atoms with Crippen molar-refractivity contribution in [1.29, 1.82) is 0 Å². The van der Waals surface area contributed by atoms with Gasteiger partial charge in [0.25, 0.3) is 5.91 Å². The molecule has 0 bridgehead atoms. The molecular weight excluding hydrogens is 258 g/mol. The van der Waals surface area contributed by atoms with Crippen molar-refractivity contribution in [3.63, 3.8) is 0 Å². The van der Waals surface area contributed by atoms with Crippen molar-refractivity contribution in [2.24, 2.45) is 5.73 Å². The number of hydrogen-bond donors (Lipinski definition) is 2. The van der Waals surface area contributed by atoms with Gasteiger partial charge in [0.2, 0.25) is 0 Å². The molecule has 0 unspecified atom stereocenters. The van der Waals surface area contributed by atoms with Crippen LogP contribution in [0.15, 0.2) is 30.3 Å². The van der Waals surface area contributed by atoms with Crippen LogP contribution in [0, 0.1) is 6.92 Å². The second-order valence-corrected chi connectivity index (χ2v) is 4.29. The van der Waals surface area contributed by atoms with Gasteiger partial charge in [-0.05, 0) is 12.5 Å². The number of carbonyl (C=O) groups is 2. The van der Waals surface area contributed by atoms with E-state index in [0.29, 0.717) is 12.1 Å². The van der Waals surface area contributed by atoms with Crippen LogP contribution in [0.4, 0.5) is 0 Å². The molecule has 104 valence electrons. The van der Waals surface area contributed by atoms with Crippen molar-refractivity contribution in [2.45, 2.75) is 13.3 Å². The van der Waals surface area contributed by atoms with Gasteiger partial charge in [0, 0.05) is 12.1 Å². The molecule has 1 aromatic carbocycles. The van der Waals surface area contributed by atoms with E-state index in [2.05, 4.69) is 9.97 Å². The Balaban J connectivity index is 1.93. The van der Waals surface area contributed by atoms with Gasteiger partial charge in [-0.15, -0.1) is 0 Å². The third kappa shape index (κ3) is 3.23. The summed E-state index contributed by atoms with van der Waals surface area (Å²) >= 11 is 0. The lowest BCUT2D eigenvalue weighted by atomic mass is 10.2. The molecule has 20 heavy (non-hydrogen) atoms. The summed E-state index contributed by atoms with van der Waals surface area (Å²) in [4.78, 5) is 29.3. The first-order chi connectivity index (χ1) is 9.58. The predicted molar refractivity (Wildman–Crippen MR) is 72.3 cm³/mol. The topological polar surface area (TPSA) is 98.1 Å². The molecule has 0 aliphatic heterocycles. The first kappa shape index (κ1) is 13.8. The Hall–Kier alpha value is -2.63. The highest BCUT2D eigenvalue weighted by Gasteiger charge is 2.18. The third-order valence-electron chi connectivity index (χ3n) is 2.78. The van der Waals surface area contributed by atoms with E-state index in [4.69, 9.17) is 10.5 Å². The number of nitrogens with zero attached hydrogens (tertiary/aromatic N) is 1. The number of amides is 1. The van der Waals surface area contributed by atoms with Crippen molar-refractivity contribution in [3.05, 3.63) is 53.1 Å². The van der Waals surface area contributed by atoms with E-state index in [1.807, 2.05) is 30.3 Å². The molecule has 0 aliphatic rings. The number of benzene rings is 1. The van der Waals surface area contributed by atoms with Gasteiger partial charge in [-0.3, -0.25) is 4.79 Å². The standard InChI is InChI=1S/C14H15N3O3/c1-9-11(17-13(16-9)12(15)18)14(19)20-8-7-10-5-3-2-4-6-10/h2-6H,7-8H2,1H3,(H2,15,18)(H,16,17). The summed E-state index contributed by atoms with van der Waals surface area (Å²) in [7, 11) is 0. The molecule has 2 aromatic rings. The highest BCUT2D eigenvalue weighted by molar-refractivity contribution is 5.93. The van der Waals surface area contributed by atoms with Crippen LogP contribution >= 0.6 is 0 Å². The minimum Gasteiger partial charge on any atom is -0.461 e. The van der Waals surface area contributed by atoms with Crippen molar-refractivity contribution < 1.29 is 14.3 Å². The Bertz CT molecular complexity index is 620. The van der Waals surface area contributed by atoms with Crippen LogP contribution in [0.5, 0.6) is 0 Å². The van der Waals surface area contributed by atoms with E-state index in [1.165, 1.54) is 0 Å². The van der Waals surface area contributed by atoms with Gasteiger partial charge in [0.05, 0.1) is 6.61 Å². The Labute approximate surface area is 116 Å². The number of carbonyl (C=O) groups excluding carboxylic acids is 2. The number of imidazole rings is 1. The largest absolute Gasteiger partial charge is 0.461 e. The van der Waals surface area contributed by atoms with Crippen LogP contribution in [0.1, 0.15) is 32.4 Å². The van der Waals surface area contributed by atoms with Gasteiger partial charge in [-0.2, -0.15) is 0 Å². The zero-order valence-corrected chi connectivity index (χ0v) is 11.1. The maximum absolute atomic E-state index is 11.8. The second-order valence-electron chi connectivity index (χ2n) is 4.29. The van der Waals surface area contributed by atoms with Gasteiger partial charge in [-0.1, -0.05) is 30.3 Å². The van der Waals surface area contributed by atoms with Crippen LogP contribution in [0.2, 0.25) is 0 Å². The average Bonchev–Trinajstić information content (AvgIpc) is 2.82. The molecule has 0 spiro atoms. The van der Waals surface area contributed by atoms with Crippen molar-refractivity contribution >= 4 is 11.9 Å². The second kappa shape index (κ2) is 6.01. The summed E-state index contributed by atoms with van der Waals surface area (Å²) in [5.41, 5.74) is 6.72. The molecule has 1 heterocycles. The molecule has 3 N–H and O–H groups in total. The fourth-order valence-corrected chi connectivity index (χ4v) is 1.75. The minimum absolute atomic E-state index is 0.0440. The predicted octanol–water partition coefficient (Wildman–Crippen LogP) is 1.22. The van der Waals surface area contributed by atoms with E-state index in [-0.39, 0.29) is 18.1 Å². The number of H-pyrrole nitrogens is 1. The molecule has 1 amide bonds. The summed E-state index contributed by atoms with van der Waals surface area (Å²) in [5, 5.41) is 0. The Morgan fingerprint density at radius 2 is 2.00 bits per heavy atom. The van der Waals surface area contributed by atoms with Crippen LogP contribution in [-0.4, -0.2) is 28.5 Å². The maximum Gasteiger partial charge on any atom is 0.358 e. The number of aryl methyl sites for hydroxylation is 1. The zero-order chi connectivity index (χ0) is 14.5. The fourth-order valence-electron chi connectivity index (χ4n) is 1.75. The normalized spacial score (nSPS) is 10.2. The number of aromatic nitrogens is 2.